The largest absolute Gasteiger partial charge is 0.399 e. The Morgan fingerprint density at radius 2 is 2.00 bits per heavy atom. The summed E-state index contributed by atoms with van der Waals surface area (Å²) in [6, 6.07) is 4.87. The molecule has 1 amide bonds. The van der Waals surface area contributed by atoms with Gasteiger partial charge in [-0.25, -0.2) is 0 Å². The molecular weight excluding hydrogens is 242 g/mol. The molecule has 0 saturated heterocycles. The Balaban J connectivity index is 2.76. The molecule has 1 unspecified atom stereocenters. The number of nitrogens with two attached hydrogens (primary N) is 2. The fourth-order valence-corrected chi connectivity index (χ4v) is 2.14. The Kier molecular flexibility index (Phi) is 5.63. The molecule has 5 nitrogen and oxygen atoms in total. The van der Waals surface area contributed by atoms with E-state index in [1.54, 1.807) is 18.2 Å². The number of amides is 1. The average Bonchev–Trinajstić information content (AvgIpc) is 2.37. The Labute approximate surface area is 114 Å². The lowest BCUT2D eigenvalue weighted by Gasteiger charge is -2.21. The maximum Gasteiger partial charge on any atom is 0.250 e. The molecule has 0 radical (unpaired) electrons. The van der Waals surface area contributed by atoms with E-state index in [4.69, 9.17) is 11.5 Å². The lowest BCUT2D eigenvalue weighted by molar-refractivity contribution is 0.0999. The minimum absolute atomic E-state index is 0.241. The monoisotopic (exact) mass is 265 g/mol. The summed E-state index contributed by atoms with van der Waals surface area (Å²) in [5, 5.41) is 13.1. The van der Waals surface area contributed by atoms with Crippen LogP contribution in [0.15, 0.2) is 18.2 Å². The van der Waals surface area contributed by atoms with Crippen LogP contribution in [0.4, 0.5) is 11.4 Å². The maximum absolute atomic E-state index is 11.3. The number of anilines is 2. The number of rotatable bonds is 7. The Morgan fingerprint density at radius 1 is 1.37 bits per heavy atom. The molecule has 5 heteroatoms. The van der Waals surface area contributed by atoms with Crippen LogP contribution in [0.5, 0.6) is 0 Å². The van der Waals surface area contributed by atoms with Gasteiger partial charge in [0, 0.05) is 17.9 Å². The second-order valence-corrected chi connectivity index (χ2v) is 4.69. The van der Waals surface area contributed by atoms with Crippen LogP contribution in [0.25, 0.3) is 0 Å². The van der Waals surface area contributed by atoms with Crippen molar-refractivity contribution in [2.45, 2.75) is 32.8 Å². The summed E-state index contributed by atoms with van der Waals surface area (Å²) in [6.45, 7) is 4.47. The topological polar surface area (TPSA) is 101 Å². The third kappa shape index (κ3) is 4.13. The van der Waals surface area contributed by atoms with Gasteiger partial charge in [0.1, 0.15) is 0 Å². The van der Waals surface area contributed by atoms with Gasteiger partial charge in [-0.15, -0.1) is 0 Å². The number of carbonyl (C=O) groups excluding carboxylic acids is 1. The van der Waals surface area contributed by atoms with Crippen molar-refractivity contribution in [1.82, 2.24) is 0 Å². The number of hydrogen-bond acceptors (Lipinski definition) is 4. The molecule has 0 aliphatic carbocycles. The molecule has 1 aromatic carbocycles. The molecule has 1 rings (SSSR count). The van der Waals surface area contributed by atoms with Gasteiger partial charge < -0.3 is 21.9 Å². The first kappa shape index (κ1) is 15.3. The van der Waals surface area contributed by atoms with Crippen LogP contribution in [-0.2, 0) is 0 Å². The Morgan fingerprint density at radius 3 is 2.53 bits per heavy atom. The summed E-state index contributed by atoms with van der Waals surface area (Å²) in [5.74, 6) is -0.273. The van der Waals surface area contributed by atoms with Crippen LogP contribution >= 0.6 is 0 Å². The molecule has 0 aliphatic heterocycles. The molecule has 6 N–H and O–H groups in total. The standard InChI is InChI=1S/C14H23N3O2/c1-3-9(4-2)13(18)8-17-12-7-10(15)5-6-11(12)14(16)19/h5-7,9,13,17-18H,3-4,8,15H2,1-2H3,(H2,16,19). The van der Waals surface area contributed by atoms with Gasteiger partial charge in [-0.2, -0.15) is 0 Å². The van der Waals surface area contributed by atoms with Crippen molar-refractivity contribution in [3.63, 3.8) is 0 Å². The predicted molar refractivity (Wildman–Crippen MR) is 77.9 cm³/mol. The minimum atomic E-state index is -0.514. The van der Waals surface area contributed by atoms with Crippen molar-refractivity contribution < 1.29 is 9.90 Å². The third-order valence-corrected chi connectivity index (χ3v) is 3.40. The smallest absolute Gasteiger partial charge is 0.250 e. The van der Waals surface area contributed by atoms with Crippen molar-refractivity contribution >= 4 is 17.3 Å². The molecule has 1 atom stereocenters. The zero-order chi connectivity index (χ0) is 14.4. The van der Waals surface area contributed by atoms with Crippen LogP contribution in [0.3, 0.4) is 0 Å². The van der Waals surface area contributed by atoms with Crippen LogP contribution in [0.2, 0.25) is 0 Å². The Bertz CT molecular complexity index is 431. The van der Waals surface area contributed by atoms with E-state index in [-0.39, 0.29) is 5.92 Å². The normalized spacial score (nSPS) is 12.4. The minimum Gasteiger partial charge on any atom is -0.399 e. The van der Waals surface area contributed by atoms with Crippen molar-refractivity contribution in [3.8, 4) is 0 Å². The van der Waals surface area contributed by atoms with E-state index in [1.807, 2.05) is 13.8 Å². The van der Waals surface area contributed by atoms with Gasteiger partial charge in [0.2, 0.25) is 0 Å². The average molecular weight is 265 g/mol. The highest BCUT2D eigenvalue weighted by Crippen LogP contribution is 2.20. The highest BCUT2D eigenvalue weighted by atomic mass is 16.3. The van der Waals surface area contributed by atoms with E-state index in [9.17, 15) is 9.90 Å². The molecule has 0 aromatic heterocycles. The number of aliphatic hydroxyl groups excluding tert-OH is 1. The highest BCUT2D eigenvalue weighted by molar-refractivity contribution is 5.99. The first-order valence-corrected chi connectivity index (χ1v) is 6.60. The van der Waals surface area contributed by atoms with Crippen LogP contribution in [0, 0.1) is 5.92 Å². The molecule has 1 aromatic rings. The summed E-state index contributed by atoms with van der Waals surface area (Å²) in [6.07, 6.45) is 1.37. The van der Waals surface area contributed by atoms with E-state index < -0.39 is 12.0 Å². The highest BCUT2D eigenvalue weighted by Gasteiger charge is 2.16. The van der Waals surface area contributed by atoms with Gasteiger partial charge in [-0.05, 0) is 24.1 Å². The van der Waals surface area contributed by atoms with Gasteiger partial charge in [-0.3, -0.25) is 4.79 Å². The number of nitrogen functional groups attached to an aromatic ring is 1. The van der Waals surface area contributed by atoms with E-state index in [1.165, 1.54) is 0 Å². The van der Waals surface area contributed by atoms with Crippen LogP contribution < -0.4 is 16.8 Å². The number of primary amides is 1. The summed E-state index contributed by atoms with van der Waals surface area (Å²) in [7, 11) is 0. The van der Waals surface area contributed by atoms with Crippen molar-refractivity contribution in [1.29, 1.82) is 0 Å². The Hall–Kier alpha value is -1.75. The first-order valence-electron chi connectivity index (χ1n) is 6.60. The lowest BCUT2D eigenvalue weighted by Crippen LogP contribution is -2.28. The fraction of sp³-hybridized carbons (Fsp3) is 0.500. The van der Waals surface area contributed by atoms with Crippen molar-refractivity contribution in [2.24, 2.45) is 11.7 Å². The van der Waals surface area contributed by atoms with Gasteiger partial charge in [0.15, 0.2) is 0 Å². The zero-order valence-electron chi connectivity index (χ0n) is 11.5. The number of aliphatic hydroxyl groups is 1. The molecule has 0 aliphatic rings. The molecule has 106 valence electrons. The van der Waals surface area contributed by atoms with Crippen molar-refractivity contribution in [3.05, 3.63) is 23.8 Å². The molecule has 0 fully saturated rings. The van der Waals surface area contributed by atoms with E-state index in [2.05, 4.69) is 5.32 Å². The summed E-state index contributed by atoms with van der Waals surface area (Å²) < 4.78 is 0. The van der Waals surface area contributed by atoms with Gasteiger partial charge in [0.05, 0.1) is 11.7 Å². The predicted octanol–water partition coefficient (Wildman–Crippen LogP) is 1.58. The molecular formula is C14H23N3O2. The summed E-state index contributed by atoms with van der Waals surface area (Å²) in [4.78, 5) is 11.3. The SMILES string of the molecule is CCC(CC)C(O)CNc1cc(N)ccc1C(N)=O. The van der Waals surface area contributed by atoms with Gasteiger partial charge >= 0.3 is 0 Å². The van der Waals surface area contributed by atoms with Crippen LogP contribution in [0.1, 0.15) is 37.0 Å². The maximum atomic E-state index is 11.3. The van der Waals surface area contributed by atoms with E-state index in [0.717, 1.165) is 12.8 Å². The lowest BCUT2D eigenvalue weighted by atomic mass is 9.96. The number of benzene rings is 1. The first-order chi connectivity index (χ1) is 8.99. The molecule has 0 heterocycles. The van der Waals surface area contributed by atoms with Crippen LogP contribution in [-0.4, -0.2) is 23.7 Å². The van der Waals surface area contributed by atoms with E-state index in [0.29, 0.717) is 23.5 Å². The third-order valence-electron chi connectivity index (χ3n) is 3.40. The van der Waals surface area contributed by atoms with Gasteiger partial charge in [-0.1, -0.05) is 26.7 Å². The summed E-state index contributed by atoms with van der Waals surface area (Å²) in [5.41, 5.74) is 12.5. The van der Waals surface area contributed by atoms with Crippen molar-refractivity contribution in [2.75, 3.05) is 17.6 Å². The summed E-state index contributed by atoms with van der Waals surface area (Å²) >= 11 is 0. The molecule has 19 heavy (non-hydrogen) atoms. The second kappa shape index (κ2) is 6.99. The molecule has 0 bridgehead atoms. The zero-order valence-corrected chi connectivity index (χ0v) is 11.5. The fourth-order valence-electron chi connectivity index (χ4n) is 2.14. The molecule has 0 saturated carbocycles. The second-order valence-electron chi connectivity index (χ2n) is 4.69. The van der Waals surface area contributed by atoms with E-state index >= 15 is 0 Å². The number of nitrogens with one attached hydrogen (secondary N) is 1. The quantitative estimate of drug-likeness (QED) is 0.562. The number of hydrogen-bond donors (Lipinski definition) is 4. The van der Waals surface area contributed by atoms with Gasteiger partial charge in [0.25, 0.3) is 5.91 Å². The molecule has 0 spiro atoms. The number of carbonyl (C=O) groups is 1.